The number of aliphatic hydroxyl groups excluding tert-OH is 1. The summed E-state index contributed by atoms with van der Waals surface area (Å²) >= 11 is 0. The second-order valence-electron chi connectivity index (χ2n) is 5.97. The number of hydrogen-bond acceptors (Lipinski definition) is 5. The molecule has 25 heavy (non-hydrogen) atoms. The van der Waals surface area contributed by atoms with E-state index in [9.17, 15) is 15.3 Å². The van der Waals surface area contributed by atoms with Gasteiger partial charge in [-0.25, -0.2) is 0 Å². The summed E-state index contributed by atoms with van der Waals surface area (Å²) in [6.07, 6.45) is 5.22. The molecule has 1 aromatic heterocycles. The van der Waals surface area contributed by atoms with Crippen molar-refractivity contribution in [2.24, 2.45) is 0 Å². The normalized spacial score (nSPS) is 11.6. The number of nitrogens with zero attached hydrogens (tertiary/aromatic N) is 2. The molecule has 0 atom stereocenters. The smallest absolute Gasteiger partial charge is 0.142 e. The van der Waals surface area contributed by atoms with Gasteiger partial charge in [0.05, 0.1) is 12.3 Å². The molecule has 5 nitrogen and oxygen atoms in total. The highest BCUT2D eigenvalue weighted by Crippen LogP contribution is 2.26. The zero-order valence-electron chi connectivity index (χ0n) is 15.0. The molecule has 5 heteroatoms. The molecule has 0 aliphatic carbocycles. The molecule has 134 valence electrons. The minimum Gasteiger partial charge on any atom is -0.508 e. The monoisotopic (exact) mass is 342 g/mol. The molecule has 2 rings (SSSR count). The average molecular weight is 342 g/mol. The Morgan fingerprint density at radius 1 is 1.12 bits per heavy atom. The van der Waals surface area contributed by atoms with Gasteiger partial charge in [-0.15, -0.1) is 0 Å². The Balaban J connectivity index is 2.22. The predicted molar refractivity (Wildman–Crippen MR) is 100 cm³/mol. The van der Waals surface area contributed by atoms with E-state index in [-0.39, 0.29) is 18.1 Å². The highest BCUT2D eigenvalue weighted by molar-refractivity contribution is 5.72. The molecule has 0 saturated heterocycles. The van der Waals surface area contributed by atoms with E-state index in [2.05, 4.69) is 23.7 Å². The Kier molecular flexibility index (Phi) is 6.56. The number of phenols is 1. The number of phenolic OH excluding ortho intramolecular Hbond substituents is 1. The summed E-state index contributed by atoms with van der Waals surface area (Å²) in [7, 11) is 0. The van der Waals surface area contributed by atoms with Crippen molar-refractivity contribution in [3.05, 3.63) is 52.3 Å². The van der Waals surface area contributed by atoms with Crippen LogP contribution in [0.4, 0.5) is 0 Å². The number of aromatic hydroxyl groups is 2. The Morgan fingerprint density at radius 3 is 2.44 bits per heavy atom. The van der Waals surface area contributed by atoms with Crippen molar-refractivity contribution in [3.63, 3.8) is 0 Å². The van der Waals surface area contributed by atoms with E-state index in [1.807, 2.05) is 18.2 Å². The first-order valence-electron chi connectivity index (χ1n) is 8.50. The Morgan fingerprint density at radius 2 is 1.84 bits per heavy atom. The maximum Gasteiger partial charge on any atom is 0.142 e. The Bertz CT molecular complexity index is 753. The highest BCUT2D eigenvalue weighted by atomic mass is 16.3. The zero-order chi connectivity index (χ0) is 18.4. The van der Waals surface area contributed by atoms with Crippen molar-refractivity contribution in [1.82, 2.24) is 9.88 Å². The SMILES string of the molecule is CCN(CC)Cc1ccc(/C=C/c2cnc(C)c(O)c2CO)cc1O. The van der Waals surface area contributed by atoms with Crippen LogP contribution in [0.3, 0.4) is 0 Å². The largest absolute Gasteiger partial charge is 0.508 e. The van der Waals surface area contributed by atoms with Crippen LogP contribution < -0.4 is 0 Å². The molecule has 0 spiro atoms. The first kappa shape index (κ1) is 19.0. The third kappa shape index (κ3) is 4.59. The number of aromatic nitrogens is 1. The molecule has 0 fully saturated rings. The van der Waals surface area contributed by atoms with E-state index in [4.69, 9.17) is 0 Å². The van der Waals surface area contributed by atoms with Crippen LogP contribution in [0.25, 0.3) is 12.2 Å². The molecule has 0 aliphatic rings. The van der Waals surface area contributed by atoms with E-state index in [1.54, 1.807) is 25.3 Å². The molecule has 0 radical (unpaired) electrons. The summed E-state index contributed by atoms with van der Waals surface area (Å²) in [5, 5.41) is 29.7. The van der Waals surface area contributed by atoms with Gasteiger partial charge in [-0.2, -0.15) is 0 Å². The summed E-state index contributed by atoms with van der Waals surface area (Å²) in [6, 6.07) is 5.58. The number of rotatable bonds is 7. The lowest BCUT2D eigenvalue weighted by Crippen LogP contribution is -2.22. The summed E-state index contributed by atoms with van der Waals surface area (Å²) < 4.78 is 0. The van der Waals surface area contributed by atoms with Gasteiger partial charge in [0.25, 0.3) is 0 Å². The molecular weight excluding hydrogens is 316 g/mol. The van der Waals surface area contributed by atoms with Crippen molar-refractivity contribution in [1.29, 1.82) is 0 Å². The first-order chi connectivity index (χ1) is 12.0. The maximum atomic E-state index is 10.3. The highest BCUT2D eigenvalue weighted by Gasteiger charge is 2.09. The van der Waals surface area contributed by atoms with Crippen LogP contribution in [0.1, 0.15) is 41.8 Å². The van der Waals surface area contributed by atoms with Crippen molar-refractivity contribution < 1.29 is 15.3 Å². The lowest BCUT2D eigenvalue weighted by Gasteiger charge is -2.18. The summed E-state index contributed by atoms with van der Waals surface area (Å²) in [6.45, 7) is 8.21. The van der Waals surface area contributed by atoms with Crippen molar-refractivity contribution in [2.75, 3.05) is 13.1 Å². The lowest BCUT2D eigenvalue weighted by molar-refractivity contribution is 0.274. The number of pyridine rings is 1. The van der Waals surface area contributed by atoms with Gasteiger partial charge in [0.2, 0.25) is 0 Å². The number of aryl methyl sites for hydroxylation is 1. The standard InChI is InChI=1S/C20H26N2O3/c1-4-22(5-2)12-17-9-7-15(10-19(17)24)6-8-16-11-21-14(3)20(25)18(16)13-23/h6-11,23-25H,4-5,12-13H2,1-3H3/b8-6+. The quantitative estimate of drug-likeness (QED) is 0.720. The van der Waals surface area contributed by atoms with E-state index in [0.29, 0.717) is 23.4 Å². The van der Waals surface area contributed by atoms with Crippen LogP contribution in [0.15, 0.2) is 24.4 Å². The van der Waals surface area contributed by atoms with Gasteiger partial charge < -0.3 is 15.3 Å². The molecule has 2 aromatic rings. The molecule has 3 N–H and O–H groups in total. The minimum atomic E-state index is -0.261. The minimum absolute atomic E-state index is 0.0158. The average Bonchev–Trinajstić information content (AvgIpc) is 2.62. The maximum absolute atomic E-state index is 10.3. The summed E-state index contributed by atoms with van der Waals surface area (Å²) in [4.78, 5) is 6.35. The van der Waals surface area contributed by atoms with Gasteiger partial charge in [-0.3, -0.25) is 9.88 Å². The zero-order valence-corrected chi connectivity index (χ0v) is 15.0. The van der Waals surface area contributed by atoms with Crippen LogP contribution in [0, 0.1) is 6.92 Å². The van der Waals surface area contributed by atoms with Crippen LogP contribution in [-0.4, -0.2) is 38.3 Å². The second kappa shape index (κ2) is 8.65. The molecule has 0 amide bonds. The van der Waals surface area contributed by atoms with E-state index < -0.39 is 0 Å². The fourth-order valence-corrected chi connectivity index (χ4v) is 2.66. The summed E-state index contributed by atoms with van der Waals surface area (Å²) in [5.41, 5.74) is 3.32. The first-order valence-corrected chi connectivity index (χ1v) is 8.50. The van der Waals surface area contributed by atoms with Gasteiger partial charge in [-0.05, 0) is 31.6 Å². The Hall–Kier alpha value is -2.37. The van der Waals surface area contributed by atoms with Crippen molar-refractivity contribution >= 4 is 12.2 Å². The topological polar surface area (TPSA) is 76.8 Å². The third-order valence-electron chi connectivity index (χ3n) is 4.39. The van der Waals surface area contributed by atoms with Gasteiger partial charge in [0.15, 0.2) is 0 Å². The van der Waals surface area contributed by atoms with Gasteiger partial charge in [0.1, 0.15) is 11.5 Å². The molecule has 1 aromatic carbocycles. The van der Waals surface area contributed by atoms with Gasteiger partial charge >= 0.3 is 0 Å². The van der Waals surface area contributed by atoms with E-state index in [0.717, 1.165) is 24.2 Å². The molecular formula is C20H26N2O3. The van der Waals surface area contributed by atoms with Gasteiger partial charge in [0, 0.05) is 29.4 Å². The molecule has 0 bridgehead atoms. The van der Waals surface area contributed by atoms with Crippen LogP contribution in [-0.2, 0) is 13.2 Å². The molecule has 1 heterocycles. The third-order valence-corrected chi connectivity index (χ3v) is 4.39. The predicted octanol–water partition coefficient (Wildman–Crippen LogP) is 3.31. The number of benzene rings is 1. The lowest BCUT2D eigenvalue weighted by atomic mass is 10.1. The molecule has 0 aliphatic heterocycles. The number of aliphatic hydroxyl groups is 1. The van der Waals surface area contributed by atoms with Gasteiger partial charge in [-0.1, -0.05) is 38.1 Å². The summed E-state index contributed by atoms with van der Waals surface area (Å²) in [5.74, 6) is 0.281. The van der Waals surface area contributed by atoms with Crippen LogP contribution in [0.5, 0.6) is 11.5 Å². The molecule has 0 unspecified atom stereocenters. The van der Waals surface area contributed by atoms with Crippen LogP contribution >= 0.6 is 0 Å². The van der Waals surface area contributed by atoms with E-state index >= 15 is 0 Å². The van der Waals surface area contributed by atoms with Crippen molar-refractivity contribution in [3.8, 4) is 11.5 Å². The number of hydrogen-bond donors (Lipinski definition) is 3. The van der Waals surface area contributed by atoms with E-state index in [1.165, 1.54) is 0 Å². The fourth-order valence-electron chi connectivity index (χ4n) is 2.66. The molecule has 0 saturated carbocycles. The van der Waals surface area contributed by atoms with Crippen molar-refractivity contribution in [2.45, 2.75) is 33.9 Å². The van der Waals surface area contributed by atoms with Crippen LogP contribution in [0.2, 0.25) is 0 Å². The fraction of sp³-hybridized carbons (Fsp3) is 0.350. The second-order valence-corrected chi connectivity index (χ2v) is 5.97. The Labute approximate surface area is 148 Å².